The maximum Gasteiger partial charge on any atom is 0.259 e. The SMILES string of the molecule is CCc1ccc(-c2c(C(C)=O)c(=O)[nH]c3ccccc23)cc1. The summed E-state index contributed by atoms with van der Waals surface area (Å²) in [5, 5.41) is 0.886. The summed E-state index contributed by atoms with van der Waals surface area (Å²) in [7, 11) is 0. The first kappa shape index (κ1) is 14.3. The number of benzene rings is 2. The second kappa shape index (κ2) is 5.60. The van der Waals surface area contributed by atoms with E-state index in [0.29, 0.717) is 0 Å². The van der Waals surface area contributed by atoms with Crippen LogP contribution in [0.4, 0.5) is 0 Å². The van der Waals surface area contributed by atoms with Gasteiger partial charge in [0, 0.05) is 16.5 Å². The van der Waals surface area contributed by atoms with Crippen LogP contribution in [0.15, 0.2) is 53.3 Å². The summed E-state index contributed by atoms with van der Waals surface area (Å²) in [5.41, 5.74) is 3.47. The molecule has 110 valence electrons. The standard InChI is InChI=1S/C19H17NO2/c1-3-13-8-10-14(11-9-13)18-15-6-4-5-7-16(15)20-19(22)17(18)12(2)21/h4-11H,3H2,1-2H3,(H,20,22). The summed E-state index contributed by atoms with van der Waals surface area (Å²) >= 11 is 0. The van der Waals surface area contributed by atoms with E-state index < -0.39 is 0 Å². The Hall–Kier alpha value is -2.68. The molecule has 2 aromatic carbocycles. The number of aryl methyl sites for hydroxylation is 1. The molecular formula is C19H17NO2. The molecule has 3 aromatic rings. The third-order valence-corrected chi connectivity index (χ3v) is 3.92. The average Bonchev–Trinajstić information content (AvgIpc) is 2.53. The molecule has 0 aliphatic carbocycles. The van der Waals surface area contributed by atoms with Gasteiger partial charge in [-0.1, -0.05) is 49.4 Å². The van der Waals surface area contributed by atoms with Gasteiger partial charge in [0.25, 0.3) is 5.56 Å². The van der Waals surface area contributed by atoms with Crippen molar-refractivity contribution in [3.8, 4) is 11.1 Å². The summed E-state index contributed by atoms with van der Waals surface area (Å²) in [6.45, 7) is 3.53. The van der Waals surface area contributed by atoms with Crippen molar-refractivity contribution in [3.63, 3.8) is 0 Å². The second-order valence-corrected chi connectivity index (χ2v) is 5.36. The molecule has 3 nitrogen and oxygen atoms in total. The van der Waals surface area contributed by atoms with E-state index in [9.17, 15) is 9.59 Å². The Kier molecular flexibility index (Phi) is 3.63. The highest BCUT2D eigenvalue weighted by molar-refractivity contribution is 6.08. The maximum atomic E-state index is 12.3. The molecule has 0 unspecified atom stereocenters. The molecule has 22 heavy (non-hydrogen) atoms. The quantitative estimate of drug-likeness (QED) is 0.742. The molecule has 3 heteroatoms. The number of Topliss-reactive ketones (excluding diaryl/α,β-unsaturated/α-hetero) is 1. The molecule has 1 N–H and O–H groups in total. The van der Waals surface area contributed by atoms with E-state index in [0.717, 1.165) is 28.5 Å². The molecule has 0 fully saturated rings. The monoisotopic (exact) mass is 291 g/mol. The summed E-state index contributed by atoms with van der Waals surface area (Å²) in [4.78, 5) is 27.1. The van der Waals surface area contributed by atoms with E-state index >= 15 is 0 Å². The van der Waals surface area contributed by atoms with E-state index in [4.69, 9.17) is 0 Å². The molecule has 0 aliphatic rings. The molecule has 0 saturated heterocycles. The number of hydrogen-bond donors (Lipinski definition) is 1. The van der Waals surface area contributed by atoms with Crippen LogP contribution in [0.2, 0.25) is 0 Å². The zero-order valence-corrected chi connectivity index (χ0v) is 12.6. The summed E-state index contributed by atoms with van der Waals surface area (Å²) in [6, 6.07) is 15.6. The van der Waals surface area contributed by atoms with Crippen LogP contribution in [-0.2, 0) is 6.42 Å². The van der Waals surface area contributed by atoms with Gasteiger partial charge in [0.15, 0.2) is 5.78 Å². The number of hydrogen-bond acceptors (Lipinski definition) is 2. The number of rotatable bonds is 3. The fourth-order valence-electron chi connectivity index (χ4n) is 2.79. The van der Waals surface area contributed by atoms with Crippen LogP contribution in [0.25, 0.3) is 22.0 Å². The molecule has 0 spiro atoms. The molecule has 3 rings (SSSR count). The van der Waals surface area contributed by atoms with Crippen LogP contribution in [0.3, 0.4) is 0 Å². The Bertz CT molecular complexity index is 905. The van der Waals surface area contributed by atoms with Crippen molar-refractivity contribution < 1.29 is 4.79 Å². The van der Waals surface area contributed by atoms with Gasteiger partial charge in [-0.15, -0.1) is 0 Å². The molecule has 1 aromatic heterocycles. The van der Waals surface area contributed by atoms with Crippen molar-refractivity contribution >= 4 is 16.7 Å². The minimum absolute atomic E-state index is 0.221. The fourth-order valence-corrected chi connectivity index (χ4v) is 2.79. The molecule has 0 saturated carbocycles. The first-order chi connectivity index (χ1) is 10.6. The van der Waals surface area contributed by atoms with E-state index in [-0.39, 0.29) is 16.9 Å². The van der Waals surface area contributed by atoms with Gasteiger partial charge in [-0.25, -0.2) is 0 Å². The second-order valence-electron chi connectivity index (χ2n) is 5.36. The highest BCUT2D eigenvalue weighted by Gasteiger charge is 2.17. The van der Waals surface area contributed by atoms with Crippen molar-refractivity contribution in [1.29, 1.82) is 0 Å². The number of fused-ring (bicyclic) bond motifs is 1. The normalized spacial score (nSPS) is 10.8. The van der Waals surface area contributed by atoms with Crippen LogP contribution < -0.4 is 5.56 Å². The van der Waals surface area contributed by atoms with Gasteiger partial charge in [-0.3, -0.25) is 9.59 Å². The van der Waals surface area contributed by atoms with Gasteiger partial charge in [-0.05, 0) is 30.5 Å². The summed E-state index contributed by atoms with van der Waals surface area (Å²) < 4.78 is 0. The van der Waals surface area contributed by atoms with Crippen LogP contribution in [-0.4, -0.2) is 10.8 Å². The molecule has 0 aliphatic heterocycles. The lowest BCUT2D eigenvalue weighted by Crippen LogP contribution is -2.18. The molecule has 0 amide bonds. The Morgan fingerprint density at radius 2 is 1.73 bits per heavy atom. The lowest BCUT2D eigenvalue weighted by molar-refractivity contribution is 0.101. The maximum absolute atomic E-state index is 12.3. The summed E-state index contributed by atoms with van der Waals surface area (Å²) in [5.74, 6) is -0.221. The van der Waals surface area contributed by atoms with E-state index in [1.807, 2.05) is 48.5 Å². The van der Waals surface area contributed by atoms with Crippen molar-refractivity contribution in [2.45, 2.75) is 20.3 Å². The van der Waals surface area contributed by atoms with Gasteiger partial charge < -0.3 is 4.98 Å². The van der Waals surface area contributed by atoms with Gasteiger partial charge in [0.1, 0.15) is 0 Å². The van der Waals surface area contributed by atoms with Crippen LogP contribution in [0.1, 0.15) is 29.8 Å². The number of nitrogens with one attached hydrogen (secondary N) is 1. The average molecular weight is 291 g/mol. The van der Waals surface area contributed by atoms with E-state index in [1.54, 1.807) is 0 Å². The Morgan fingerprint density at radius 3 is 2.36 bits per heavy atom. The zero-order chi connectivity index (χ0) is 15.7. The highest BCUT2D eigenvalue weighted by atomic mass is 16.1. The fraction of sp³-hybridized carbons (Fsp3) is 0.158. The van der Waals surface area contributed by atoms with Gasteiger partial charge >= 0.3 is 0 Å². The van der Waals surface area contributed by atoms with Gasteiger partial charge in [-0.2, -0.15) is 0 Å². The molecule has 0 bridgehead atoms. The van der Waals surface area contributed by atoms with Crippen molar-refractivity contribution in [2.24, 2.45) is 0 Å². The Morgan fingerprint density at radius 1 is 1.05 bits per heavy atom. The minimum atomic E-state index is -0.333. The van der Waals surface area contributed by atoms with Crippen LogP contribution in [0.5, 0.6) is 0 Å². The molecule has 0 radical (unpaired) electrons. The number of para-hydroxylation sites is 1. The molecule has 1 heterocycles. The number of carbonyl (C=O) groups excluding carboxylic acids is 1. The number of aromatic nitrogens is 1. The van der Waals surface area contributed by atoms with E-state index in [1.165, 1.54) is 12.5 Å². The van der Waals surface area contributed by atoms with E-state index in [2.05, 4.69) is 11.9 Å². The lowest BCUT2D eigenvalue weighted by Gasteiger charge is -2.11. The first-order valence-corrected chi connectivity index (χ1v) is 7.37. The molecular weight excluding hydrogens is 274 g/mol. The minimum Gasteiger partial charge on any atom is -0.321 e. The lowest BCUT2D eigenvalue weighted by atomic mass is 9.94. The Balaban J connectivity index is 2.40. The zero-order valence-electron chi connectivity index (χ0n) is 12.6. The molecule has 0 atom stereocenters. The number of pyridine rings is 1. The van der Waals surface area contributed by atoms with Crippen molar-refractivity contribution in [1.82, 2.24) is 4.98 Å². The third-order valence-electron chi connectivity index (χ3n) is 3.92. The van der Waals surface area contributed by atoms with Gasteiger partial charge in [0.2, 0.25) is 0 Å². The predicted octanol–water partition coefficient (Wildman–Crippen LogP) is 3.96. The Labute approximate surface area is 128 Å². The predicted molar refractivity (Wildman–Crippen MR) is 89.4 cm³/mol. The largest absolute Gasteiger partial charge is 0.321 e. The number of ketones is 1. The smallest absolute Gasteiger partial charge is 0.259 e. The van der Waals surface area contributed by atoms with Gasteiger partial charge in [0.05, 0.1) is 5.56 Å². The van der Waals surface area contributed by atoms with Crippen LogP contribution >= 0.6 is 0 Å². The number of carbonyl (C=O) groups is 1. The van der Waals surface area contributed by atoms with Crippen LogP contribution in [0, 0.1) is 0 Å². The number of H-pyrrole nitrogens is 1. The third kappa shape index (κ3) is 2.35. The first-order valence-electron chi connectivity index (χ1n) is 7.37. The van der Waals surface area contributed by atoms with Crippen molar-refractivity contribution in [2.75, 3.05) is 0 Å². The highest BCUT2D eigenvalue weighted by Crippen LogP contribution is 2.30. The summed E-state index contributed by atoms with van der Waals surface area (Å²) in [6.07, 6.45) is 0.954. The number of aromatic amines is 1. The topological polar surface area (TPSA) is 49.9 Å². The van der Waals surface area contributed by atoms with Crippen molar-refractivity contribution in [3.05, 3.63) is 70.0 Å².